The number of hydrogen-bond acceptors (Lipinski definition) is 2. The van der Waals surface area contributed by atoms with Crippen LogP contribution in [0, 0.1) is 0 Å². The Labute approximate surface area is 71.3 Å². The van der Waals surface area contributed by atoms with Crippen molar-refractivity contribution in [2.75, 3.05) is 17.8 Å². The first kappa shape index (κ1) is 11.5. The number of rotatable bonds is 3. The third kappa shape index (κ3) is 11.3. The molecular formula is C3H7BrCuS2. The van der Waals surface area contributed by atoms with Crippen molar-refractivity contribution >= 4 is 36.8 Å². The van der Waals surface area contributed by atoms with Gasteiger partial charge in [0.15, 0.2) is 0 Å². The normalized spacial score (nSPS) is 7.71. The van der Waals surface area contributed by atoms with Gasteiger partial charge in [-0.15, -0.1) is 0 Å². The molecule has 0 fully saturated rings. The molecule has 0 saturated carbocycles. The maximum atomic E-state index is 3.25. The zero-order valence-corrected chi connectivity index (χ0v) is 8.07. The molecule has 0 aromatic carbocycles. The summed E-state index contributed by atoms with van der Waals surface area (Å²) in [5.74, 6) is 2.46. The van der Waals surface area contributed by atoms with Crippen LogP contribution >= 0.6 is 36.8 Å². The molecule has 7 heavy (non-hydrogen) atoms. The van der Waals surface area contributed by atoms with Gasteiger partial charge in [0.2, 0.25) is 0 Å². The van der Waals surface area contributed by atoms with Crippen LogP contribution in [-0.4, -0.2) is 17.8 Å². The predicted molar refractivity (Wildman–Crippen MR) is 39.8 cm³/mol. The topological polar surface area (TPSA) is 0 Å². The third-order valence-electron chi connectivity index (χ3n) is 0.365. The van der Waals surface area contributed by atoms with Gasteiger partial charge in [-0.3, -0.25) is 0 Å². The molecule has 0 aromatic rings. The molecule has 0 rings (SSSR count). The van der Waals surface area contributed by atoms with Crippen LogP contribution in [0.3, 0.4) is 0 Å². The van der Waals surface area contributed by atoms with E-state index in [1.165, 1.54) is 11.5 Å². The zero-order chi connectivity index (χ0) is 4.83. The summed E-state index contributed by atoms with van der Waals surface area (Å²) in [4.78, 5) is 0. The van der Waals surface area contributed by atoms with Crippen molar-refractivity contribution in [2.24, 2.45) is 0 Å². The molecule has 0 aliphatic rings. The quantitative estimate of drug-likeness (QED) is 0.557. The van der Waals surface area contributed by atoms with Crippen LogP contribution in [0.4, 0.5) is 0 Å². The fourth-order valence-corrected chi connectivity index (χ4v) is 2.22. The second-order valence-electron chi connectivity index (χ2n) is 0.806. The molecule has 4 heteroatoms. The second kappa shape index (κ2) is 10.6. The summed E-state index contributed by atoms with van der Waals surface area (Å²) >= 11 is 5.13. The molecule has 0 spiro atoms. The van der Waals surface area contributed by atoms with Crippen LogP contribution < -0.4 is 0 Å². The molecule has 0 amide bonds. The Morgan fingerprint density at radius 2 is 2.00 bits per heavy atom. The van der Waals surface area contributed by atoms with Gasteiger partial charge in [0.25, 0.3) is 0 Å². The molecule has 0 aromatic heterocycles. The minimum absolute atomic E-state index is 0. The molecule has 0 atom stereocenters. The Hall–Kier alpha value is 1.70. The SMILES string of the molecule is CSCCSBr.[Cu]. The number of hydrogen-bond donors (Lipinski definition) is 0. The standard InChI is InChI=1S/C3H7BrS2.Cu/c1-5-2-3-6-4;/h2-3H2,1H3;. The molecule has 49 valence electrons. The molecule has 0 N–H and O–H groups in total. The van der Waals surface area contributed by atoms with Crippen molar-refractivity contribution < 1.29 is 17.1 Å². The van der Waals surface area contributed by atoms with E-state index in [0.717, 1.165) is 0 Å². The predicted octanol–water partition coefficient (Wildman–Crippen LogP) is 2.39. The van der Waals surface area contributed by atoms with Crippen molar-refractivity contribution in [2.45, 2.75) is 0 Å². The van der Waals surface area contributed by atoms with Crippen molar-refractivity contribution in [3.05, 3.63) is 0 Å². The van der Waals surface area contributed by atoms with E-state index in [4.69, 9.17) is 0 Å². The molecule has 1 radical (unpaired) electrons. The van der Waals surface area contributed by atoms with Crippen LogP contribution in [0.5, 0.6) is 0 Å². The first-order valence-electron chi connectivity index (χ1n) is 1.64. The Morgan fingerprint density at radius 3 is 2.14 bits per heavy atom. The van der Waals surface area contributed by atoms with Crippen molar-refractivity contribution in [3.8, 4) is 0 Å². The van der Waals surface area contributed by atoms with E-state index in [1.54, 1.807) is 10.2 Å². The van der Waals surface area contributed by atoms with Crippen molar-refractivity contribution in [3.63, 3.8) is 0 Å². The third-order valence-corrected chi connectivity index (χ3v) is 2.57. The van der Waals surface area contributed by atoms with Gasteiger partial charge < -0.3 is 0 Å². The van der Waals surface area contributed by atoms with E-state index in [1.807, 2.05) is 11.8 Å². The van der Waals surface area contributed by atoms with E-state index < -0.39 is 0 Å². The fraction of sp³-hybridized carbons (Fsp3) is 1.00. The van der Waals surface area contributed by atoms with Gasteiger partial charge in [-0.2, -0.15) is 11.8 Å². The van der Waals surface area contributed by atoms with Gasteiger partial charge in [-0.05, 0) is 21.1 Å². The van der Waals surface area contributed by atoms with Gasteiger partial charge in [0, 0.05) is 28.6 Å². The van der Waals surface area contributed by atoms with Crippen LogP contribution in [0.2, 0.25) is 0 Å². The fourth-order valence-electron chi connectivity index (χ4n) is 0.115. The minimum Gasteiger partial charge on any atom is -0.165 e. The Kier molecular flexibility index (Phi) is 17.5. The van der Waals surface area contributed by atoms with Crippen LogP contribution in [0.25, 0.3) is 0 Å². The molecule has 0 nitrogen and oxygen atoms in total. The van der Waals surface area contributed by atoms with Crippen molar-refractivity contribution in [1.82, 2.24) is 0 Å². The molecule has 0 saturated heterocycles. The molecule has 0 aliphatic heterocycles. The average molecular weight is 251 g/mol. The zero-order valence-electron chi connectivity index (χ0n) is 3.91. The number of thioether (sulfide) groups is 1. The van der Waals surface area contributed by atoms with E-state index in [2.05, 4.69) is 21.1 Å². The summed E-state index contributed by atoms with van der Waals surface area (Å²) in [6.07, 6.45) is 2.11. The van der Waals surface area contributed by atoms with Crippen LogP contribution in [0.15, 0.2) is 0 Å². The van der Waals surface area contributed by atoms with E-state index in [9.17, 15) is 0 Å². The molecular weight excluding hydrogens is 244 g/mol. The number of halogens is 1. The summed E-state index contributed by atoms with van der Waals surface area (Å²) in [5.41, 5.74) is 0. The summed E-state index contributed by atoms with van der Waals surface area (Å²) in [6, 6.07) is 0. The summed E-state index contributed by atoms with van der Waals surface area (Å²) < 4.78 is 0. The van der Waals surface area contributed by atoms with Gasteiger partial charge in [0.05, 0.1) is 0 Å². The Balaban J connectivity index is 0. The molecule has 0 bridgehead atoms. The summed E-state index contributed by atoms with van der Waals surface area (Å²) in [7, 11) is 1.72. The first-order valence-corrected chi connectivity index (χ1v) is 5.86. The van der Waals surface area contributed by atoms with Gasteiger partial charge in [-0.1, -0.05) is 10.2 Å². The largest absolute Gasteiger partial charge is 0.165 e. The Bertz CT molecular complexity index is 24.9. The average Bonchev–Trinajstić information content (AvgIpc) is 1.61. The van der Waals surface area contributed by atoms with Crippen LogP contribution in [0.1, 0.15) is 0 Å². The maximum absolute atomic E-state index is 3.25. The molecule has 0 unspecified atom stereocenters. The van der Waals surface area contributed by atoms with E-state index in [0.29, 0.717) is 0 Å². The first-order chi connectivity index (χ1) is 2.91. The van der Waals surface area contributed by atoms with Crippen molar-refractivity contribution in [1.29, 1.82) is 0 Å². The van der Waals surface area contributed by atoms with Gasteiger partial charge in [0.1, 0.15) is 0 Å². The summed E-state index contributed by atoms with van der Waals surface area (Å²) in [5, 5.41) is 0. The van der Waals surface area contributed by atoms with E-state index >= 15 is 0 Å². The maximum Gasteiger partial charge on any atom is 0.0133 e. The van der Waals surface area contributed by atoms with Gasteiger partial charge in [-0.25, -0.2) is 0 Å². The van der Waals surface area contributed by atoms with E-state index in [-0.39, 0.29) is 17.1 Å². The molecule has 0 aliphatic carbocycles. The minimum atomic E-state index is 0. The van der Waals surface area contributed by atoms with Gasteiger partial charge >= 0.3 is 0 Å². The molecule has 0 heterocycles. The monoisotopic (exact) mass is 249 g/mol. The second-order valence-corrected chi connectivity index (χ2v) is 3.79. The smallest absolute Gasteiger partial charge is 0.0133 e. The van der Waals surface area contributed by atoms with Crippen LogP contribution in [-0.2, 0) is 17.1 Å². The Morgan fingerprint density at radius 1 is 1.43 bits per heavy atom. The summed E-state index contributed by atoms with van der Waals surface area (Å²) in [6.45, 7) is 0.